The second-order valence-electron chi connectivity index (χ2n) is 4.25. The molecule has 1 aliphatic carbocycles. The van der Waals surface area contributed by atoms with Gasteiger partial charge in [0.2, 0.25) is 0 Å². The predicted octanol–water partition coefficient (Wildman–Crippen LogP) is 2.50. The van der Waals surface area contributed by atoms with Crippen LogP contribution in [0.25, 0.3) is 0 Å². The van der Waals surface area contributed by atoms with Crippen LogP contribution < -0.4 is 0 Å². The highest BCUT2D eigenvalue weighted by Crippen LogP contribution is 2.35. The van der Waals surface area contributed by atoms with E-state index in [4.69, 9.17) is 9.47 Å². The molecule has 1 aliphatic heterocycles. The molecule has 0 aromatic rings. The Hall–Kier alpha value is -0.340. The van der Waals surface area contributed by atoms with Crippen LogP contribution in [0, 0.1) is 5.92 Å². The summed E-state index contributed by atoms with van der Waals surface area (Å²) in [7, 11) is 0. The Balaban J connectivity index is 2.07. The highest BCUT2D eigenvalue weighted by atomic mass is 16.7. The maximum Gasteiger partial charge on any atom is 0.188 e. The molecule has 1 saturated heterocycles. The van der Waals surface area contributed by atoms with Gasteiger partial charge < -0.3 is 9.47 Å². The van der Waals surface area contributed by atoms with Crippen molar-refractivity contribution in [1.29, 1.82) is 0 Å². The lowest BCUT2D eigenvalue weighted by atomic mass is 9.87. The molecule has 2 aliphatic rings. The van der Waals surface area contributed by atoms with Gasteiger partial charge in [0.05, 0.1) is 13.2 Å². The van der Waals surface area contributed by atoms with E-state index in [1.54, 1.807) is 0 Å². The van der Waals surface area contributed by atoms with E-state index in [0.29, 0.717) is 0 Å². The van der Waals surface area contributed by atoms with Gasteiger partial charge >= 0.3 is 0 Å². The Labute approximate surface area is 79.9 Å². The molecule has 2 heteroatoms. The Kier molecular flexibility index (Phi) is 2.43. The van der Waals surface area contributed by atoms with Crippen LogP contribution in [-0.4, -0.2) is 19.0 Å². The number of allylic oxidation sites excluding steroid dienone is 1. The topological polar surface area (TPSA) is 18.5 Å². The zero-order valence-corrected chi connectivity index (χ0v) is 8.51. The van der Waals surface area contributed by atoms with Crippen LogP contribution in [0.15, 0.2) is 11.6 Å². The minimum atomic E-state index is -0.389. The van der Waals surface area contributed by atoms with Gasteiger partial charge in [-0.3, -0.25) is 0 Å². The van der Waals surface area contributed by atoms with E-state index >= 15 is 0 Å². The maximum atomic E-state index is 5.62. The van der Waals surface area contributed by atoms with E-state index in [1.165, 1.54) is 18.4 Å². The number of hydrogen-bond acceptors (Lipinski definition) is 2. The molecule has 74 valence electrons. The summed E-state index contributed by atoms with van der Waals surface area (Å²) in [5.41, 5.74) is 1.35. The molecule has 2 nitrogen and oxygen atoms in total. The second-order valence-corrected chi connectivity index (χ2v) is 4.25. The monoisotopic (exact) mass is 182 g/mol. The molecular weight excluding hydrogens is 164 g/mol. The first-order chi connectivity index (χ1) is 6.21. The third kappa shape index (κ3) is 1.79. The zero-order chi connectivity index (χ0) is 9.31. The van der Waals surface area contributed by atoms with E-state index in [2.05, 4.69) is 13.0 Å². The highest BCUT2D eigenvalue weighted by Gasteiger charge is 2.35. The van der Waals surface area contributed by atoms with E-state index in [1.807, 2.05) is 6.92 Å². The van der Waals surface area contributed by atoms with Gasteiger partial charge in [0.15, 0.2) is 5.79 Å². The Morgan fingerprint density at radius 2 is 2.08 bits per heavy atom. The van der Waals surface area contributed by atoms with Crippen molar-refractivity contribution in [3.63, 3.8) is 0 Å². The zero-order valence-electron chi connectivity index (χ0n) is 8.51. The summed E-state index contributed by atoms with van der Waals surface area (Å²) in [5.74, 6) is 0.439. The van der Waals surface area contributed by atoms with Crippen LogP contribution in [0.1, 0.15) is 33.1 Å². The van der Waals surface area contributed by atoms with Gasteiger partial charge in [-0.15, -0.1) is 0 Å². The highest BCUT2D eigenvalue weighted by molar-refractivity contribution is 5.15. The van der Waals surface area contributed by atoms with Crippen LogP contribution in [0.3, 0.4) is 0 Å². The largest absolute Gasteiger partial charge is 0.344 e. The van der Waals surface area contributed by atoms with Gasteiger partial charge in [-0.25, -0.2) is 0 Å². The third-order valence-electron chi connectivity index (χ3n) is 3.09. The maximum absolute atomic E-state index is 5.62. The van der Waals surface area contributed by atoms with Crippen molar-refractivity contribution < 1.29 is 9.47 Å². The molecular formula is C11H18O2. The lowest BCUT2D eigenvalue weighted by Gasteiger charge is -2.29. The molecule has 2 rings (SSSR count). The Morgan fingerprint density at radius 3 is 2.62 bits per heavy atom. The van der Waals surface area contributed by atoms with E-state index < -0.39 is 0 Å². The first-order valence-corrected chi connectivity index (χ1v) is 5.18. The lowest BCUT2D eigenvalue weighted by Crippen LogP contribution is -2.30. The van der Waals surface area contributed by atoms with Crippen molar-refractivity contribution in [2.75, 3.05) is 13.2 Å². The van der Waals surface area contributed by atoms with E-state index in [0.717, 1.165) is 25.6 Å². The first kappa shape index (κ1) is 9.22. The van der Waals surface area contributed by atoms with Crippen LogP contribution in [0.5, 0.6) is 0 Å². The molecule has 0 saturated carbocycles. The van der Waals surface area contributed by atoms with Crippen LogP contribution in [-0.2, 0) is 9.47 Å². The van der Waals surface area contributed by atoms with Crippen molar-refractivity contribution in [2.45, 2.75) is 38.9 Å². The van der Waals surface area contributed by atoms with Gasteiger partial charge in [-0.05, 0) is 37.7 Å². The van der Waals surface area contributed by atoms with Gasteiger partial charge in [-0.2, -0.15) is 0 Å². The van der Waals surface area contributed by atoms with Crippen molar-refractivity contribution in [3.8, 4) is 0 Å². The fourth-order valence-electron chi connectivity index (χ4n) is 2.08. The summed E-state index contributed by atoms with van der Waals surface area (Å²) in [6, 6.07) is 0. The van der Waals surface area contributed by atoms with Gasteiger partial charge in [0.1, 0.15) is 0 Å². The smallest absolute Gasteiger partial charge is 0.188 e. The summed E-state index contributed by atoms with van der Waals surface area (Å²) in [6.07, 6.45) is 5.89. The first-order valence-electron chi connectivity index (χ1n) is 5.18. The van der Waals surface area contributed by atoms with Crippen LogP contribution >= 0.6 is 0 Å². The molecule has 1 heterocycles. The number of ether oxygens (including phenoxy) is 2. The second kappa shape index (κ2) is 3.43. The lowest BCUT2D eigenvalue weighted by molar-refractivity contribution is -0.113. The van der Waals surface area contributed by atoms with Crippen molar-refractivity contribution in [2.24, 2.45) is 5.92 Å². The molecule has 0 amide bonds. The standard InChI is InChI=1S/C11H18O2/c1-9-3-5-10(6-4-9)11(2)12-7-8-13-11/h5,9H,3-4,6-8H2,1-2H3. The van der Waals surface area contributed by atoms with Gasteiger partial charge in [0, 0.05) is 0 Å². The molecule has 0 N–H and O–H groups in total. The quantitative estimate of drug-likeness (QED) is 0.580. The molecule has 1 unspecified atom stereocenters. The molecule has 0 spiro atoms. The third-order valence-corrected chi connectivity index (χ3v) is 3.09. The summed E-state index contributed by atoms with van der Waals surface area (Å²) in [5, 5.41) is 0. The van der Waals surface area contributed by atoms with Gasteiger partial charge in [-0.1, -0.05) is 13.0 Å². The van der Waals surface area contributed by atoms with E-state index in [-0.39, 0.29) is 5.79 Å². The minimum Gasteiger partial charge on any atom is -0.344 e. The summed E-state index contributed by atoms with van der Waals surface area (Å²) in [6.45, 7) is 5.82. The fraction of sp³-hybridized carbons (Fsp3) is 0.818. The van der Waals surface area contributed by atoms with Crippen molar-refractivity contribution in [3.05, 3.63) is 11.6 Å². The molecule has 0 aromatic carbocycles. The number of rotatable bonds is 1. The molecule has 0 radical (unpaired) electrons. The van der Waals surface area contributed by atoms with Crippen LogP contribution in [0.2, 0.25) is 0 Å². The Bertz CT molecular complexity index is 214. The summed E-state index contributed by atoms with van der Waals surface area (Å²) >= 11 is 0. The fourth-order valence-corrected chi connectivity index (χ4v) is 2.08. The summed E-state index contributed by atoms with van der Waals surface area (Å²) < 4.78 is 11.2. The molecule has 0 bridgehead atoms. The van der Waals surface area contributed by atoms with Crippen molar-refractivity contribution in [1.82, 2.24) is 0 Å². The minimum absolute atomic E-state index is 0.389. The molecule has 13 heavy (non-hydrogen) atoms. The summed E-state index contributed by atoms with van der Waals surface area (Å²) in [4.78, 5) is 0. The normalized spacial score (nSPS) is 33.1. The Morgan fingerprint density at radius 1 is 1.38 bits per heavy atom. The average Bonchev–Trinajstić information content (AvgIpc) is 2.54. The predicted molar refractivity (Wildman–Crippen MR) is 51.4 cm³/mol. The van der Waals surface area contributed by atoms with Crippen LogP contribution in [0.4, 0.5) is 0 Å². The van der Waals surface area contributed by atoms with Crippen molar-refractivity contribution >= 4 is 0 Å². The average molecular weight is 182 g/mol. The molecule has 0 aromatic heterocycles. The molecule has 1 atom stereocenters. The molecule has 1 fully saturated rings. The SMILES string of the molecule is CC1CC=C(C2(C)OCCO2)CC1. The van der Waals surface area contributed by atoms with Gasteiger partial charge in [0.25, 0.3) is 0 Å². The number of hydrogen-bond donors (Lipinski definition) is 0. The van der Waals surface area contributed by atoms with E-state index in [9.17, 15) is 0 Å².